The maximum Gasteiger partial charge on any atom is 0.0601 e. The van der Waals surface area contributed by atoms with Crippen LogP contribution in [0.4, 0.5) is 0 Å². The fourth-order valence-electron chi connectivity index (χ4n) is 5.53. The largest absolute Gasteiger partial charge is 0.393 e. The van der Waals surface area contributed by atoms with E-state index in [-0.39, 0.29) is 38.2 Å². The molecule has 4 aromatic rings. The van der Waals surface area contributed by atoms with Crippen LogP contribution in [0.5, 0.6) is 0 Å². The van der Waals surface area contributed by atoms with Crippen molar-refractivity contribution in [3.05, 3.63) is 78.9 Å². The zero-order valence-electron chi connectivity index (χ0n) is 18.7. The van der Waals surface area contributed by atoms with Crippen LogP contribution in [0, 0.1) is 17.9 Å². The van der Waals surface area contributed by atoms with Crippen LogP contribution in [0.2, 0.25) is 0 Å². The molecule has 4 heteroatoms. The molecule has 1 radical (unpaired) electrons. The van der Waals surface area contributed by atoms with Crippen molar-refractivity contribution in [2.45, 2.75) is 50.7 Å². The van der Waals surface area contributed by atoms with Gasteiger partial charge in [0.05, 0.1) is 17.7 Å². The Kier molecular flexibility index (Phi) is 7.93. The molecule has 2 aliphatic carbocycles. The molecule has 3 nitrogen and oxygen atoms in total. The van der Waals surface area contributed by atoms with E-state index in [0.29, 0.717) is 5.92 Å². The van der Waals surface area contributed by atoms with Gasteiger partial charge in [-0.25, -0.2) is 0 Å². The van der Waals surface area contributed by atoms with Gasteiger partial charge >= 0.3 is 0 Å². The maximum atomic E-state index is 9.77. The van der Waals surface area contributed by atoms with Crippen LogP contribution < -0.4 is 0 Å². The minimum absolute atomic E-state index is 0. The molecule has 2 fully saturated rings. The normalized spacial score (nSPS) is 24.3. The van der Waals surface area contributed by atoms with E-state index in [1.54, 1.807) is 0 Å². The Bertz CT molecular complexity index is 1200. The van der Waals surface area contributed by atoms with Gasteiger partial charge in [-0.1, -0.05) is 55.3 Å². The van der Waals surface area contributed by atoms with Crippen molar-refractivity contribution in [1.82, 2.24) is 4.98 Å². The number of aliphatic hydroxyl groups excluding tert-OH is 2. The molecule has 2 saturated carbocycles. The van der Waals surface area contributed by atoms with E-state index in [0.717, 1.165) is 42.5 Å². The minimum Gasteiger partial charge on any atom is -0.393 e. The number of aromatic nitrogens is 1. The molecule has 0 bridgehead atoms. The van der Waals surface area contributed by atoms with Gasteiger partial charge in [0.25, 0.3) is 0 Å². The Morgan fingerprint density at radius 3 is 2.36 bits per heavy atom. The average Bonchev–Trinajstić information content (AvgIpc) is 3.11. The molecule has 33 heavy (non-hydrogen) atoms. The number of pyridine rings is 1. The molecular formula is C29H30IrNO2-. The van der Waals surface area contributed by atoms with Gasteiger partial charge in [0, 0.05) is 31.4 Å². The molecule has 2 N–H and O–H groups in total. The molecule has 173 valence electrons. The van der Waals surface area contributed by atoms with E-state index in [1.807, 2.05) is 24.3 Å². The van der Waals surface area contributed by atoms with E-state index in [2.05, 4.69) is 54.6 Å². The molecule has 1 aromatic heterocycles. The summed E-state index contributed by atoms with van der Waals surface area (Å²) in [5.74, 6) is 0.810. The third-order valence-electron chi connectivity index (χ3n) is 7.17. The Morgan fingerprint density at radius 2 is 1.52 bits per heavy atom. The topological polar surface area (TPSA) is 53.4 Å². The Morgan fingerprint density at radius 1 is 0.727 bits per heavy atom. The molecule has 4 unspecified atom stereocenters. The summed E-state index contributed by atoms with van der Waals surface area (Å²) in [6, 6.07) is 28.0. The van der Waals surface area contributed by atoms with Crippen LogP contribution in [-0.2, 0) is 20.1 Å². The van der Waals surface area contributed by atoms with Gasteiger partial charge < -0.3 is 10.2 Å². The van der Waals surface area contributed by atoms with E-state index in [1.165, 1.54) is 29.0 Å². The Labute approximate surface area is 209 Å². The average molecular weight is 617 g/mol. The summed E-state index contributed by atoms with van der Waals surface area (Å²) in [5, 5.41) is 23.1. The quantitative estimate of drug-likeness (QED) is 0.199. The van der Waals surface area contributed by atoms with E-state index < -0.39 is 0 Å². The molecule has 3 aromatic carbocycles. The smallest absolute Gasteiger partial charge is 0.0601 e. The number of hydrogen-bond acceptors (Lipinski definition) is 3. The zero-order valence-corrected chi connectivity index (χ0v) is 21.1. The number of nitrogens with zero attached hydrogens (tertiary/aromatic N) is 1. The number of rotatable bonds is 1. The van der Waals surface area contributed by atoms with Gasteiger partial charge in [0.15, 0.2) is 0 Å². The van der Waals surface area contributed by atoms with Crippen molar-refractivity contribution in [3.63, 3.8) is 0 Å². The van der Waals surface area contributed by atoms with E-state index >= 15 is 0 Å². The van der Waals surface area contributed by atoms with Crippen molar-refractivity contribution < 1.29 is 30.3 Å². The number of hydrogen-bond donors (Lipinski definition) is 2. The van der Waals surface area contributed by atoms with E-state index in [4.69, 9.17) is 4.98 Å². The first kappa shape index (κ1) is 24.0. The van der Waals surface area contributed by atoms with Crippen LogP contribution in [0.15, 0.2) is 72.8 Å². The standard InChI is InChI=1S/C19H12N.C10H18O2.Ir/c1-2-7-15(8-3-1)18-13-11-17-16-9-5-4-6-14(16)10-12-19(17)20-18;11-8-4-2-1-3-7-5-6-9(12)10(7)8;/h1-7,9-13H;7-12H,1-6H2;/q-1;;. The third kappa shape index (κ3) is 5.20. The molecule has 0 spiro atoms. The molecule has 0 amide bonds. The summed E-state index contributed by atoms with van der Waals surface area (Å²) in [6.45, 7) is 0. The van der Waals surface area contributed by atoms with Gasteiger partial charge in [0.2, 0.25) is 0 Å². The Hall–Kier alpha value is -2.10. The van der Waals surface area contributed by atoms with Crippen LogP contribution in [0.25, 0.3) is 32.9 Å². The fourth-order valence-corrected chi connectivity index (χ4v) is 5.53. The van der Waals surface area contributed by atoms with Crippen molar-refractivity contribution >= 4 is 21.7 Å². The molecule has 6 rings (SSSR count). The summed E-state index contributed by atoms with van der Waals surface area (Å²) in [5.41, 5.74) is 3.02. The number of benzene rings is 3. The van der Waals surface area contributed by atoms with Crippen molar-refractivity contribution in [3.8, 4) is 11.3 Å². The third-order valence-corrected chi connectivity index (χ3v) is 7.17. The van der Waals surface area contributed by atoms with Crippen molar-refractivity contribution in [2.75, 3.05) is 0 Å². The molecular weight excluding hydrogens is 587 g/mol. The van der Waals surface area contributed by atoms with Gasteiger partial charge in [-0.15, -0.1) is 35.9 Å². The summed E-state index contributed by atoms with van der Waals surface area (Å²) < 4.78 is 0. The van der Waals surface area contributed by atoms with Gasteiger partial charge in [0.1, 0.15) is 0 Å². The van der Waals surface area contributed by atoms with Crippen molar-refractivity contribution in [1.29, 1.82) is 0 Å². The number of fused-ring (bicyclic) bond motifs is 4. The van der Waals surface area contributed by atoms with Crippen LogP contribution >= 0.6 is 0 Å². The first-order valence-corrected chi connectivity index (χ1v) is 11.8. The molecule has 0 aliphatic heterocycles. The second-order valence-electron chi connectivity index (χ2n) is 9.16. The predicted octanol–water partition coefficient (Wildman–Crippen LogP) is 6.16. The van der Waals surface area contributed by atoms with Crippen LogP contribution in [0.1, 0.15) is 38.5 Å². The van der Waals surface area contributed by atoms with Crippen LogP contribution in [0.3, 0.4) is 0 Å². The Balaban J connectivity index is 0.000000172. The maximum absolute atomic E-state index is 9.77. The summed E-state index contributed by atoms with van der Waals surface area (Å²) >= 11 is 0. The number of aliphatic hydroxyl groups is 2. The summed E-state index contributed by atoms with van der Waals surface area (Å²) in [7, 11) is 0. The zero-order chi connectivity index (χ0) is 21.9. The van der Waals surface area contributed by atoms with Crippen molar-refractivity contribution in [2.24, 2.45) is 11.8 Å². The summed E-state index contributed by atoms with van der Waals surface area (Å²) in [4.78, 5) is 4.76. The monoisotopic (exact) mass is 617 g/mol. The second kappa shape index (κ2) is 10.9. The van der Waals surface area contributed by atoms with Crippen LogP contribution in [-0.4, -0.2) is 27.4 Å². The summed E-state index contributed by atoms with van der Waals surface area (Å²) in [6.07, 6.45) is 6.09. The van der Waals surface area contributed by atoms with Gasteiger partial charge in [-0.2, -0.15) is 0 Å². The predicted molar refractivity (Wildman–Crippen MR) is 130 cm³/mol. The first-order valence-electron chi connectivity index (χ1n) is 11.8. The van der Waals surface area contributed by atoms with Gasteiger partial charge in [-0.05, 0) is 54.1 Å². The minimum atomic E-state index is -0.227. The molecule has 4 atom stereocenters. The SMILES string of the molecule is OC1CCCCC2CCC(O)C12.[Ir].[c-]1ccccc1-c1ccc2c(ccc3ccccc32)n1. The fraction of sp³-hybridized carbons (Fsp3) is 0.345. The van der Waals surface area contributed by atoms with E-state index in [9.17, 15) is 10.2 Å². The van der Waals surface area contributed by atoms with Gasteiger partial charge in [-0.3, -0.25) is 4.98 Å². The second-order valence-corrected chi connectivity index (χ2v) is 9.16. The first-order chi connectivity index (χ1) is 15.7. The molecule has 1 heterocycles. The molecule has 2 aliphatic rings. The molecule has 0 saturated heterocycles.